The lowest BCUT2D eigenvalue weighted by Gasteiger charge is -2.37. The van der Waals surface area contributed by atoms with Gasteiger partial charge in [0.15, 0.2) is 0 Å². The van der Waals surface area contributed by atoms with Crippen LogP contribution in [0.4, 0.5) is 0 Å². The molecule has 0 spiro atoms. The minimum atomic E-state index is 0.580. The van der Waals surface area contributed by atoms with Crippen molar-refractivity contribution in [1.82, 2.24) is 9.88 Å². The van der Waals surface area contributed by atoms with Crippen LogP contribution in [0.3, 0.4) is 0 Å². The molecular weight excluding hydrogens is 264 g/mol. The van der Waals surface area contributed by atoms with Crippen LogP contribution in [-0.4, -0.2) is 28.2 Å². The first-order valence-electron chi connectivity index (χ1n) is 7.93. The standard InChI is InChI=1S/C17H28N2S/c1-13(2)12-19-10-6-5-7-16(19)15-8-9-17(18-11-15)20-14(3)4/h8-9,11,13-14,16H,5-7,10,12H2,1-4H3. The first-order valence-corrected chi connectivity index (χ1v) is 8.81. The van der Waals surface area contributed by atoms with Gasteiger partial charge >= 0.3 is 0 Å². The van der Waals surface area contributed by atoms with Crippen LogP contribution in [0.25, 0.3) is 0 Å². The second-order valence-corrected chi connectivity index (χ2v) is 8.09. The molecule has 1 atom stereocenters. The van der Waals surface area contributed by atoms with Gasteiger partial charge in [-0.15, -0.1) is 11.8 Å². The van der Waals surface area contributed by atoms with Crippen LogP contribution in [0, 0.1) is 5.92 Å². The minimum absolute atomic E-state index is 0.580. The molecule has 0 N–H and O–H groups in total. The van der Waals surface area contributed by atoms with Gasteiger partial charge in [-0.2, -0.15) is 0 Å². The number of thioether (sulfide) groups is 1. The van der Waals surface area contributed by atoms with Crippen molar-refractivity contribution in [1.29, 1.82) is 0 Å². The number of likely N-dealkylation sites (tertiary alicyclic amines) is 1. The lowest BCUT2D eigenvalue weighted by Crippen LogP contribution is -2.36. The molecular formula is C17H28N2S. The van der Waals surface area contributed by atoms with Gasteiger partial charge in [0.1, 0.15) is 0 Å². The highest BCUT2D eigenvalue weighted by Gasteiger charge is 2.24. The van der Waals surface area contributed by atoms with E-state index in [9.17, 15) is 0 Å². The summed E-state index contributed by atoms with van der Waals surface area (Å²) < 4.78 is 0. The fraction of sp³-hybridized carbons (Fsp3) is 0.706. The molecule has 0 amide bonds. The summed E-state index contributed by atoms with van der Waals surface area (Å²) in [5, 5.41) is 1.75. The molecule has 2 heterocycles. The molecule has 3 heteroatoms. The number of pyridine rings is 1. The quantitative estimate of drug-likeness (QED) is 0.728. The third-order valence-electron chi connectivity index (χ3n) is 3.71. The summed E-state index contributed by atoms with van der Waals surface area (Å²) in [5.74, 6) is 0.735. The Morgan fingerprint density at radius 3 is 2.65 bits per heavy atom. The van der Waals surface area contributed by atoms with Gasteiger partial charge < -0.3 is 0 Å². The summed E-state index contributed by atoms with van der Waals surface area (Å²) >= 11 is 1.84. The molecule has 1 aliphatic rings. The monoisotopic (exact) mass is 292 g/mol. The van der Waals surface area contributed by atoms with Crippen LogP contribution in [0.1, 0.15) is 58.6 Å². The molecule has 1 unspecified atom stereocenters. The molecule has 112 valence electrons. The molecule has 0 aliphatic carbocycles. The summed E-state index contributed by atoms with van der Waals surface area (Å²) in [4.78, 5) is 7.30. The summed E-state index contributed by atoms with van der Waals surface area (Å²) in [6, 6.07) is 5.07. The highest BCUT2D eigenvalue weighted by Crippen LogP contribution is 2.32. The number of hydrogen-bond donors (Lipinski definition) is 0. The topological polar surface area (TPSA) is 16.1 Å². The van der Waals surface area contributed by atoms with E-state index in [2.05, 4.69) is 55.9 Å². The van der Waals surface area contributed by atoms with Crippen molar-refractivity contribution in [2.75, 3.05) is 13.1 Å². The fourth-order valence-corrected chi connectivity index (χ4v) is 3.70. The molecule has 0 bridgehead atoms. The molecule has 1 aromatic heterocycles. The minimum Gasteiger partial charge on any atom is -0.296 e. The first kappa shape index (κ1) is 15.8. The van der Waals surface area contributed by atoms with E-state index in [1.807, 2.05) is 11.8 Å². The second-order valence-electron chi connectivity index (χ2n) is 6.50. The van der Waals surface area contributed by atoms with Crippen LogP contribution in [0.5, 0.6) is 0 Å². The van der Waals surface area contributed by atoms with Crippen molar-refractivity contribution in [3.05, 3.63) is 23.9 Å². The average molecular weight is 292 g/mol. The number of rotatable bonds is 5. The molecule has 1 fully saturated rings. The van der Waals surface area contributed by atoms with E-state index in [1.165, 1.54) is 37.9 Å². The van der Waals surface area contributed by atoms with Gasteiger partial charge in [-0.1, -0.05) is 40.2 Å². The highest BCUT2D eigenvalue weighted by molar-refractivity contribution is 7.99. The van der Waals surface area contributed by atoms with Gasteiger partial charge in [-0.05, 0) is 36.9 Å². The predicted molar refractivity (Wildman–Crippen MR) is 88.2 cm³/mol. The van der Waals surface area contributed by atoms with E-state index in [-0.39, 0.29) is 0 Å². The zero-order valence-corrected chi connectivity index (χ0v) is 14.1. The van der Waals surface area contributed by atoms with Gasteiger partial charge in [-0.3, -0.25) is 4.90 Å². The van der Waals surface area contributed by atoms with Crippen LogP contribution in [0.2, 0.25) is 0 Å². The molecule has 1 aromatic rings. The normalized spacial score (nSPS) is 20.8. The SMILES string of the molecule is CC(C)CN1CCCCC1c1ccc(SC(C)C)nc1. The van der Waals surface area contributed by atoms with Gasteiger partial charge in [0.25, 0.3) is 0 Å². The zero-order valence-electron chi connectivity index (χ0n) is 13.3. The zero-order chi connectivity index (χ0) is 14.5. The van der Waals surface area contributed by atoms with Crippen molar-refractivity contribution < 1.29 is 0 Å². The van der Waals surface area contributed by atoms with E-state index in [1.54, 1.807) is 0 Å². The van der Waals surface area contributed by atoms with Gasteiger partial charge in [0, 0.05) is 24.0 Å². The van der Waals surface area contributed by atoms with Gasteiger partial charge in [0.2, 0.25) is 0 Å². The molecule has 2 rings (SSSR count). The van der Waals surface area contributed by atoms with E-state index in [4.69, 9.17) is 0 Å². The Hall–Kier alpha value is -0.540. The lowest BCUT2D eigenvalue weighted by atomic mass is 9.95. The van der Waals surface area contributed by atoms with E-state index < -0.39 is 0 Å². The second kappa shape index (κ2) is 7.46. The molecule has 0 aromatic carbocycles. The maximum Gasteiger partial charge on any atom is 0.0962 e. The summed E-state index contributed by atoms with van der Waals surface area (Å²) in [7, 11) is 0. The van der Waals surface area contributed by atoms with Gasteiger partial charge in [-0.25, -0.2) is 4.98 Å². The Kier molecular flexibility index (Phi) is 5.91. The number of aromatic nitrogens is 1. The summed E-state index contributed by atoms with van der Waals surface area (Å²) in [6.07, 6.45) is 6.08. The van der Waals surface area contributed by atoms with E-state index in [0.29, 0.717) is 11.3 Å². The largest absolute Gasteiger partial charge is 0.296 e. The van der Waals surface area contributed by atoms with Crippen molar-refractivity contribution in [3.8, 4) is 0 Å². The van der Waals surface area contributed by atoms with Crippen LogP contribution in [-0.2, 0) is 0 Å². The van der Waals surface area contributed by atoms with Crippen LogP contribution < -0.4 is 0 Å². The van der Waals surface area contributed by atoms with Crippen LogP contribution >= 0.6 is 11.8 Å². The van der Waals surface area contributed by atoms with Gasteiger partial charge in [0.05, 0.1) is 5.03 Å². The Labute approximate surface area is 128 Å². The summed E-state index contributed by atoms with van der Waals surface area (Å²) in [5.41, 5.74) is 1.40. The first-order chi connectivity index (χ1) is 9.56. The summed E-state index contributed by atoms with van der Waals surface area (Å²) in [6.45, 7) is 11.5. The maximum absolute atomic E-state index is 4.64. The van der Waals surface area contributed by atoms with Crippen molar-refractivity contribution >= 4 is 11.8 Å². The Morgan fingerprint density at radius 1 is 1.25 bits per heavy atom. The fourth-order valence-electron chi connectivity index (χ4n) is 2.96. The molecule has 2 nitrogen and oxygen atoms in total. The van der Waals surface area contributed by atoms with E-state index in [0.717, 1.165) is 10.9 Å². The van der Waals surface area contributed by atoms with Crippen molar-refractivity contribution in [2.45, 2.75) is 63.3 Å². The third-order valence-corrected chi connectivity index (χ3v) is 4.67. The number of nitrogens with zero attached hydrogens (tertiary/aromatic N) is 2. The number of hydrogen-bond acceptors (Lipinski definition) is 3. The molecule has 1 saturated heterocycles. The molecule has 20 heavy (non-hydrogen) atoms. The highest BCUT2D eigenvalue weighted by atomic mass is 32.2. The van der Waals surface area contributed by atoms with Crippen molar-refractivity contribution in [2.24, 2.45) is 5.92 Å². The number of piperidine rings is 1. The predicted octanol–water partition coefficient (Wildman–Crippen LogP) is 4.77. The van der Waals surface area contributed by atoms with Crippen LogP contribution in [0.15, 0.2) is 23.4 Å². The Morgan fingerprint density at radius 2 is 2.05 bits per heavy atom. The molecule has 1 aliphatic heterocycles. The smallest absolute Gasteiger partial charge is 0.0962 e. The average Bonchev–Trinajstić information content (AvgIpc) is 2.39. The maximum atomic E-state index is 4.64. The molecule has 0 radical (unpaired) electrons. The third kappa shape index (κ3) is 4.49. The van der Waals surface area contributed by atoms with Crippen molar-refractivity contribution in [3.63, 3.8) is 0 Å². The Bertz CT molecular complexity index is 400. The Balaban J connectivity index is 2.07. The van der Waals surface area contributed by atoms with E-state index >= 15 is 0 Å². The molecule has 0 saturated carbocycles. The lowest BCUT2D eigenvalue weighted by molar-refractivity contribution is 0.132.